The number of nitrogens with zero attached hydrogens (tertiary/aromatic N) is 3. The summed E-state index contributed by atoms with van der Waals surface area (Å²) in [5.74, 6) is 1.15. The lowest BCUT2D eigenvalue weighted by atomic mass is 10.2. The van der Waals surface area contributed by atoms with Crippen molar-refractivity contribution in [3.63, 3.8) is 0 Å². The summed E-state index contributed by atoms with van der Waals surface area (Å²) in [6.45, 7) is 4.41. The second-order valence-corrected chi connectivity index (χ2v) is 5.86. The highest BCUT2D eigenvalue weighted by Gasteiger charge is 2.21. The summed E-state index contributed by atoms with van der Waals surface area (Å²) in [5, 5.41) is 3.67. The van der Waals surface area contributed by atoms with Crippen LogP contribution in [0.3, 0.4) is 0 Å². The van der Waals surface area contributed by atoms with E-state index >= 15 is 0 Å². The molecule has 1 aromatic carbocycles. The van der Waals surface area contributed by atoms with Crippen molar-refractivity contribution < 1.29 is 0 Å². The summed E-state index contributed by atoms with van der Waals surface area (Å²) in [5.41, 5.74) is 1.41. The molecule has 3 rings (SSSR count). The van der Waals surface area contributed by atoms with Crippen LogP contribution >= 0.6 is 0 Å². The first-order valence-electron chi connectivity index (χ1n) is 7.77. The van der Waals surface area contributed by atoms with Crippen molar-refractivity contribution in [2.24, 2.45) is 7.05 Å². The van der Waals surface area contributed by atoms with Crippen LogP contribution < -0.4 is 5.32 Å². The minimum Gasteiger partial charge on any atom is -0.338 e. The van der Waals surface area contributed by atoms with E-state index in [-0.39, 0.29) is 0 Å². The number of aromatic nitrogens is 2. The highest BCUT2D eigenvalue weighted by molar-refractivity contribution is 5.14. The summed E-state index contributed by atoms with van der Waals surface area (Å²) in [7, 11) is 2.06. The van der Waals surface area contributed by atoms with Gasteiger partial charge in [-0.2, -0.15) is 0 Å². The topological polar surface area (TPSA) is 33.1 Å². The molecule has 2 aromatic rings. The van der Waals surface area contributed by atoms with Gasteiger partial charge in [0.1, 0.15) is 5.82 Å². The molecule has 21 heavy (non-hydrogen) atoms. The predicted octanol–water partition coefficient (Wildman–Crippen LogP) is 1.83. The van der Waals surface area contributed by atoms with E-state index < -0.39 is 0 Å². The number of benzene rings is 1. The van der Waals surface area contributed by atoms with Crippen molar-refractivity contribution in [1.82, 2.24) is 19.8 Å². The molecule has 0 saturated carbocycles. The molecule has 0 aliphatic carbocycles. The maximum Gasteiger partial charge on any atom is 0.109 e. The third-order valence-electron chi connectivity index (χ3n) is 4.22. The second kappa shape index (κ2) is 6.87. The predicted molar refractivity (Wildman–Crippen MR) is 85.0 cm³/mol. The Kier molecular flexibility index (Phi) is 4.68. The van der Waals surface area contributed by atoms with Gasteiger partial charge in [-0.15, -0.1) is 0 Å². The summed E-state index contributed by atoms with van der Waals surface area (Å²) < 4.78 is 2.10. The Bertz CT molecular complexity index is 549. The first-order valence-corrected chi connectivity index (χ1v) is 7.77. The minimum absolute atomic E-state index is 0.619. The molecule has 0 bridgehead atoms. The van der Waals surface area contributed by atoms with E-state index in [1.165, 1.54) is 18.5 Å². The molecule has 1 aliphatic heterocycles. The van der Waals surface area contributed by atoms with Crippen molar-refractivity contribution in [2.75, 3.05) is 19.6 Å². The molecule has 4 heteroatoms. The fraction of sp³-hybridized carbons (Fsp3) is 0.471. The van der Waals surface area contributed by atoms with Crippen molar-refractivity contribution in [1.29, 1.82) is 0 Å². The van der Waals surface area contributed by atoms with Gasteiger partial charge in [0.15, 0.2) is 0 Å². The molecule has 1 N–H and O–H groups in total. The fourth-order valence-corrected chi connectivity index (χ4v) is 3.01. The second-order valence-electron chi connectivity index (χ2n) is 5.86. The van der Waals surface area contributed by atoms with Crippen LogP contribution in [-0.4, -0.2) is 40.1 Å². The van der Waals surface area contributed by atoms with E-state index in [1.54, 1.807) is 0 Å². The highest BCUT2D eigenvalue weighted by atomic mass is 15.2. The largest absolute Gasteiger partial charge is 0.338 e. The van der Waals surface area contributed by atoms with E-state index in [0.717, 1.165) is 31.9 Å². The zero-order chi connectivity index (χ0) is 14.5. The Labute approximate surface area is 126 Å². The summed E-state index contributed by atoms with van der Waals surface area (Å²) in [6, 6.07) is 11.4. The standard InChI is InChI=1S/C17H24N4/c1-20-12-10-19-17(20)7-9-18-16-8-11-21(14-16)13-15-5-3-2-4-6-15/h2-6,10,12,16,18H,7-9,11,13-14H2,1H3. The molecule has 112 valence electrons. The van der Waals surface area contributed by atoms with Gasteiger partial charge in [-0.25, -0.2) is 4.98 Å². The van der Waals surface area contributed by atoms with Crippen molar-refractivity contribution in [3.05, 3.63) is 54.1 Å². The van der Waals surface area contributed by atoms with E-state index in [9.17, 15) is 0 Å². The molecule has 1 atom stereocenters. The SMILES string of the molecule is Cn1ccnc1CCNC1CCN(Cc2ccccc2)C1. The number of hydrogen-bond acceptors (Lipinski definition) is 3. The molecule has 1 aliphatic rings. The van der Waals surface area contributed by atoms with Gasteiger partial charge < -0.3 is 9.88 Å². The Morgan fingerprint density at radius 1 is 1.29 bits per heavy atom. The van der Waals surface area contributed by atoms with Gasteiger partial charge in [0.25, 0.3) is 0 Å². The fourth-order valence-electron chi connectivity index (χ4n) is 3.01. The first kappa shape index (κ1) is 14.3. The van der Waals surface area contributed by atoms with E-state index in [1.807, 2.05) is 12.4 Å². The molecular weight excluding hydrogens is 260 g/mol. The third-order valence-corrected chi connectivity index (χ3v) is 4.22. The normalized spacial score (nSPS) is 19.2. The molecule has 0 spiro atoms. The maximum atomic E-state index is 4.36. The summed E-state index contributed by atoms with van der Waals surface area (Å²) >= 11 is 0. The van der Waals surface area contributed by atoms with Crippen LogP contribution in [0.1, 0.15) is 17.8 Å². The molecule has 4 nitrogen and oxygen atoms in total. The Morgan fingerprint density at radius 2 is 2.14 bits per heavy atom. The molecular formula is C17H24N4. The van der Waals surface area contributed by atoms with Gasteiger partial charge in [-0.05, 0) is 12.0 Å². The third kappa shape index (κ3) is 3.93. The van der Waals surface area contributed by atoms with Gasteiger partial charge >= 0.3 is 0 Å². The lowest BCUT2D eigenvalue weighted by Crippen LogP contribution is -2.34. The van der Waals surface area contributed by atoms with Gasteiger partial charge in [-0.3, -0.25) is 4.90 Å². The average molecular weight is 284 g/mol. The van der Waals surface area contributed by atoms with Crippen molar-refractivity contribution in [3.8, 4) is 0 Å². The van der Waals surface area contributed by atoms with Crippen molar-refractivity contribution in [2.45, 2.75) is 25.4 Å². The number of likely N-dealkylation sites (tertiary alicyclic amines) is 1. The van der Waals surface area contributed by atoms with Crippen LogP contribution in [0.25, 0.3) is 0 Å². The zero-order valence-electron chi connectivity index (χ0n) is 12.7. The molecule has 0 amide bonds. The number of aryl methyl sites for hydroxylation is 1. The number of nitrogens with one attached hydrogen (secondary N) is 1. The molecule has 0 radical (unpaired) electrons. The van der Waals surface area contributed by atoms with Crippen LogP contribution in [0.4, 0.5) is 0 Å². The monoisotopic (exact) mass is 284 g/mol. The molecule has 1 aromatic heterocycles. The number of rotatable bonds is 6. The quantitative estimate of drug-likeness (QED) is 0.878. The molecule has 1 fully saturated rings. The van der Waals surface area contributed by atoms with Gasteiger partial charge in [0, 0.05) is 58.1 Å². The first-order chi connectivity index (χ1) is 10.3. The smallest absolute Gasteiger partial charge is 0.109 e. The van der Waals surface area contributed by atoms with Crippen LogP contribution in [0.5, 0.6) is 0 Å². The molecule has 2 heterocycles. The Balaban J connectivity index is 1.40. The lowest BCUT2D eigenvalue weighted by molar-refractivity contribution is 0.320. The van der Waals surface area contributed by atoms with Crippen LogP contribution in [0, 0.1) is 0 Å². The molecule has 1 saturated heterocycles. The maximum absolute atomic E-state index is 4.36. The van der Waals surface area contributed by atoms with Crippen LogP contribution in [0.15, 0.2) is 42.7 Å². The average Bonchev–Trinajstić information content (AvgIpc) is 3.10. The van der Waals surface area contributed by atoms with Gasteiger partial charge in [0.2, 0.25) is 0 Å². The Morgan fingerprint density at radius 3 is 2.90 bits per heavy atom. The minimum atomic E-state index is 0.619. The van der Waals surface area contributed by atoms with Crippen molar-refractivity contribution >= 4 is 0 Å². The van der Waals surface area contributed by atoms with E-state index in [0.29, 0.717) is 6.04 Å². The lowest BCUT2D eigenvalue weighted by Gasteiger charge is -2.16. The van der Waals surface area contributed by atoms with Crippen LogP contribution in [-0.2, 0) is 20.0 Å². The van der Waals surface area contributed by atoms with E-state index in [2.05, 4.69) is 57.1 Å². The number of hydrogen-bond donors (Lipinski definition) is 1. The highest BCUT2D eigenvalue weighted by Crippen LogP contribution is 2.13. The zero-order valence-corrected chi connectivity index (χ0v) is 12.7. The van der Waals surface area contributed by atoms with Crippen LogP contribution in [0.2, 0.25) is 0 Å². The molecule has 1 unspecified atom stereocenters. The van der Waals surface area contributed by atoms with Gasteiger partial charge in [-0.1, -0.05) is 30.3 Å². The summed E-state index contributed by atoms with van der Waals surface area (Å²) in [4.78, 5) is 6.90. The van der Waals surface area contributed by atoms with Gasteiger partial charge in [0.05, 0.1) is 0 Å². The number of imidazole rings is 1. The Hall–Kier alpha value is -1.65. The van der Waals surface area contributed by atoms with E-state index in [4.69, 9.17) is 0 Å². The summed E-state index contributed by atoms with van der Waals surface area (Å²) in [6.07, 6.45) is 6.12.